The lowest BCUT2D eigenvalue weighted by Gasteiger charge is -2.22. The van der Waals surface area contributed by atoms with Crippen molar-refractivity contribution in [2.75, 3.05) is 15.5 Å². The largest absolute Gasteiger partial charge is 0.338 e. The molecule has 0 atom stereocenters. The lowest BCUT2D eigenvalue weighted by atomic mass is 10.0. The van der Waals surface area contributed by atoms with Crippen molar-refractivity contribution in [2.24, 2.45) is 0 Å². The molecule has 1 aliphatic rings. The van der Waals surface area contributed by atoms with E-state index in [4.69, 9.17) is 0 Å². The molecule has 2 amide bonds. The van der Waals surface area contributed by atoms with E-state index < -0.39 is 0 Å². The zero-order valence-electron chi connectivity index (χ0n) is 20.2. The number of nitrogens with one attached hydrogen (secondary N) is 2. The fourth-order valence-electron chi connectivity index (χ4n) is 4.42. The first-order valence-electron chi connectivity index (χ1n) is 12.1. The van der Waals surface area contributed by atoms with Gasteiger partial charge in [-0.25, -0.2) is 9.97 Å². The van der Waals surface area contributed by atoms with Gasteiger partial charge in [0, 0.05) is 35.3 Å². The van der Waals surface area contributed by atoms with E-state index in [1.165, 1.54) is 6.20 Å². The van der Waals surface area contributed by atoms with Gasteiger partial charge in [-0.05, 0) is 48.5 Å². The van der Waals surface area contributed by atoms with E-state index in [1.54, 1.807) is 41.6 Å². The highest BCUT2D eigenvalue weighted by atomic mass is 16.2. The Kier molecular flexibility index (Phi) is 6.03. The molecule has 38 heavy (non-hydrogen) atoms. The van der Waals surface area contributed by atoms with Crippen molar-refractivity contribution in [3.63, 3.8) is 0 Å². The van der Waals surface area contributed by atoms with Gasteiger partial charge in [-0.1, -0.05) is 42.5 Å². The molecule has 1 aliphatic heterocycles. The first-order chi connectivity index (χ1) is 18.7. The van der Waals surface area contributed by atoms with Crippen molar-refractivity contribution in [1.29, 1.82) is 0 Å². The molecule has 184 valence electrons. The van der Waals surface area contributed by atoms with Crippen LogP contribution in [0, 0.1) is 0 Å². The van der Waals surface area contributed by atoms with Gasteiger partial charge >= 0.3 is 0 Å². The Morgan fingerprint density at radius 2 is 1.61 bits per heavy atom. The number of carbonyl (C=O) groups excluding carboxylic acids is 2. The van der Waals surface area contributed by atoms with Crippen LogP contribution in [-0.2, 0) is 6.54 Å². The third-order valence-electron chi connectivity index (χ3n) is 6.28. The smallest absolute Gasteiger partial charge is 0.260 e. The molecule has 0 radical (unpaired) electrons. The fourth-order valence-corrected chi connectivity index (χ4v) is 4.42. The van der Waals surface area contributed by atoms with Gasteiger partial charge in [-0.3, -0.25) is 14.6 Å². The molecule has 4 heterocycles. The molecule has 3 aromatic heterocycles. The summed E-state index contributed by atoms with van der Waals surface area (Å²) in [6.45, 7) is 0.356. The van der Waals surface area contributed by atoms with Gasteiger partial charge in [-0.2, -0.15) is 0 Å². The number of para-hydroxylation sites is 2. The summed E-state index contributed by atoms with van der Waals surface area (Å²) in [4.78, 5) is 41.6. The monoisotopic (exact) mass is 498 g/mol. The van der Waals surface area contributed by atoms with Crippen molar-refractivity contribution < 1.29 is 9.59 Å². The van der Waals surface area contributed by atoms with E-state index in [9.17, 15) is 9.59 Å². The number of pyridine rings is 3. The van der Waals surface area contributed by atoms with Crippen molar-refractivity contribution in [1.82, 2.24) is 15.0 Å². The average molecular weight is 499 g/mol. The molecule has 0 aliphatic carbocycles. The molecule has 0 saturated heterocycles. The van der Waals surface area contributed by atoms with Crippen molar-refractivity contribution in [2.45, 2.75) is 6.54 Å². The zero-order valence-corrected chi connectivity index (χ0v) is 20.2. The molecule has 0 saturated carbocycles. The van der Waals surface area contributed by atoms with Crippen LogP contribution in [0.2, 0.25) is 0 Å². The Hall–Kier alpha value is -5.37. The van der Waals surface area contributed by atoms with Gasteiger partial charge in [0.15, 0.2) is 0 Å². The number of hydrogen-bond acceptors (Lipinski definition) is 6. The summed E-state index contributed by atoms with van der Waals surface area (Å²) in [5, 5.41) is 6.16. The van der Waals surface area contributed by atoms with Gasteiger partial charge in [0.05, 0.1) is 29.2 Å². The van der Waals surface area contributed by atoms with Crippen LogP contribution >= 0.6 is 0 Å². The number of benzene rings is 2. The Balaban J connectivity index is 1.24. The first-order valence-corrected chi connectivity index (χ1v) is 12.1. The van der Waals surface area contributed by atoms with E-state index in [0.717, 1.165) is 28.3 Å². The van der Waals surface area contributed by atoms with Crippen LogP contribution < -0.4 is 15.5 Å². The molecule has 0 bridgehead atoms. The molecule has 8 nitrogen and oxygen atoms in total. The zero-order chi connectivity index (χ0) is 25.9. The van der Waals surface area contributed by atoms with Gasteiger partial charge in [0.1, 0.15) is 11.6 Å². The highest BCUT2D eigenvalue weighted by Gasteiger charge is 2.25. The predicted molar refractivity (Wildman–Crippen MR) is 146 cm³/mol. The Bertz CT molecular complexity index is 1640. The standard InChI is InChI=1S/C30H22N6O2/c37-29(23-10-2-1-9-22(23)24-11-5-6-16-31-24)35-27-15-14-20(18-33-27)30(38)36-19-21-8-7-17-32-28(21)34-25-12-3-4-13-26(25)36/h1-18H,19H2,(H,32,34)(H,33,35,37). The summed E-state index contributed by atoms with van der Waals surface area (Å²) in [5.74, 6) is 0.545. The Labute approximate surface area is 219 Å². The second-order valence-corrected chi connectivity index (χ2v) is 8.69. The number of hydrogen-bond donors (Lipinski definition) is 2. The molecule has 5 aromatic rings. The number of nitrogens with zero attached hydrogens (tertiary/aromatic N) is 4. The van der Waals surface area contributed by atoms with Gasteiger partial charge in [0.2, 0.25) is 0 Å². The normalized spacial score (nSPS) is 11.9. The summed E-state index contributed by atoms with van der Waals surface area (Å²) in [6.07, 6.45) is 4.89. The third kappa shape index (κ3) is 4.46. The molecule has 0 unspecified atom stereocenters. The van der Waals surface area contributed by atoms with Gasteiger partial charge in [0.25, 0.3) is 11.8 Å². The Morgan fingerprint density at radius 3 is 2.45 bits per heavy atom. The van der Waals surface area contributed by atoms with Crippen LogP contribution in [0.3, 0.4) is 0 Å². The maximum atomic E-state index is 13.6. The fraction of sp³-hybridized carbons (Fsp3) is 0.0333. The number of aromatic nitrogens is 3. The van der Waals surface area contributed by atoms with E-state index >= 15 is 0 Å². The summed E-state index contributed by atoms with van der Waals surface area (Å²) in [6, 6.07) is 27.5. The van der Waals surface area contributed by atoms with Gasteiger partial charge < -0.3 is 15.5 Å². The van der Waals surface area contributed by atoms with Crippen molar-refractivity contribution in [3.05, 3.63) is 126 Å². The highest BCUT2D eigenvalue weighted by Crippen LogP contribution is 2.35. The van der Waals surface area contributed by atoms with Crippen LogP contribution in [0.4, 0.5) is 23.0 Å². The molecule has 0 spiro atoms. The topological polar surface area (TPSA) is 100 Å². The molecular weight excluding hydrogens is 476 g/mol. The van der Waals surface area contributed by atoms with E-state index in [2.05, 4.69) is 25.6 Å². The van der Waals surface area contributed by atoms with E-state index in [-0.39, 0.29) is 11.8 Å². The average Bonchev–Trinajstić information content (AvgIpc) is 3.14. The number of amides is 2. The number of anilines is 4. The predicted octanol–water partition coefficient (Wildman–Crippen LogP) is 5.69. The summed E-state index contributed by atoms with van der Waals surface area (Å²) in [5.41, 5.74) is 4.76. The maximum Gasteiger partial charge on any atom is 0.260 e. The summed E-state index contributed by atoms with van der Waals surface area (Å²) in [7, 11) is 0. The number of fused-ring (bicyclic) bond motifs is 2. The molecule has 6 rings (SSSR count). The van der Waals surface area contributed by atoms with E-state index in [1.807, 2.05) is 66.7 Å². The summed E-state index contributed by atoms with van der Waals surface area (Å²) < 4.78 is 0. The minimum atomic E-state index is -0.311. The first kappa shape index (κ1) is 23.1. The quantitative estimate of drug-likeness (QED) is 0.330. The second-order valence-electron chi connectivity index (χ2n) is 8.69. The maximum absolute atomic E-state index is 13.6. The Morgan fingerprint density at radius 1 is 0.789 bits per heavy atom. The SMILES string of the molecule is O=C(Nc1ccc(C(=O)N2Cc3cccnc3Nc3ccccc32)cn1)c1ccccc1-c1ccccn1. The lowest BCUT2D eigenvalue weighted by Crippen LogP contribution is -2.30. The number of carbonyl (C=O) groups is 2. The number of rotatable bonds is 4. The van der Waals surface area contributed by atoms with Crippen molar-refractivity contribution >= 4 is 34.8 Å². The highest BCUT2D eigenvalue weighted by molar-refractivity contribution is 6.09. The van der Waals surface area contributed by atoms with E-state index in [0.29, 0.717) is 29.2 Å². The molecule has 2 N–H and O–H groups in total. The van der Waals surface area contributed by atoms with Gasteiger partial charge in [-0.15, -0.1) is 0 Å². The molecular formula is C30H22N6O2. The van der Waals surface area contributed by atoms with Crippen LogP contribution in [0.15, 0.2) is 110 Å². The second kappa shape index (κ2) is 9.94. The summed E-state index contributed by atoms with van der Waals surface area (Å²) >= 11 is 0. The molecule has 8 heteroatoms. The molecule has 0 fully saturated rings. The minimum absolute atomic E-state index is 0.207. The van der Waals surface area contributed by atoms with Crippen LogP contribution in [0.1, 0.15) is 26.3 Å². The third-order valence-corrected chi connectivity index (χ3v) is 6.28. The van der Waals surface area contributed by atoms with Crippen LogP contribution in [-0.4, -0.2) is 26.8 Å². The van der Waals surface area contributed by atoms with Crippen LogP contribution in [0.25, 0.3) is 11.3 Å². The lowest BCUT2D eigenvalue weighted by molar-refractivity contribution is 0.0984. The molecule has 2 aromatic carbocycles. The minimum Gasteiger partial charge on any atom is -0.338 e. The van der Waals surface area contributed by atoms with Crippen LogP contribution in [0.5, 0.6) is 0 Å². The van der Waals surface area contributed by atoms with Crippen molar-refractivity contribution in [3.8, 4) is 11.3 Å².